The molecule has 0 aliphatic carbocycles. The van der Waals surface area contributed by atoms with Crippen molar-refractivity contribution in [3.63, 3.8) is 0 Å². The molecule has 5 nitrogen and oxygen atoms in total. The van der Waals surface area contributed by atoms with Crippen LogP contribution in [0.1, 0.15) is 11.4 Å². The summed E-state index contributed by atoms with van der Waals surface area (Å²) in [7, 11) is 3.74. The molecule has 0 atom stereocenters. The Morgan fingerprint density at radius 3 is 2.54 bits per heavy atom. The molecule has 3 aromatic rings. The fourth-order valence-electron chi connectivity index (χ4n) is 2.58. The highest BCUT2D eigenvalue weighted by molar-refractivity contribution is 14.0. The summed E-state index contributed by atoms with van der Waals surface area (Å²) in [4.78, 5) is 8.88. The molecule has 1 heterocycles. The number of aryl methyl sites for hydroxylation is 1. The minimum absolute atomic E-state index is 0. The number of nitrogens with one attached hydrogen (secondary N) is 2. The Labute approximate surface area is 179 Å². The number of aliphatic imine (C=N–C) groups is 1. The number of guanidine groups is 1. The number of aromatic nitrogens is 2. The lowest BCUT2D eigenvalue weighted by Gasteiger charge is -2.12. The average Bonchev–Trinajstić information content (AvgIpc) is 2.93. The summed E-state index contributed by atoms with van der Waals surface area (Å²) in [6.07, 6.45) is 0. The molecule has 0 bridgehead atoms. The Hall–Kier alpha value is -1.51. The van der Waals surface area contributed by atoms with Crippen LogP contribution in [0.5, 0.6) is 0 Å². The average molecular weight is 504 g/mol. The summed E-state index contributed by atoms with van der Waals surface area (Å²) in [5.41, 5.74) is 3.05. The Kier molecular flexibility index (Phi) is 7.55. The van der Waals surface area contributed by atoms with Gasteiger partial charge in [-0.2, -0.15) is 0 Å². The van der Waals surface area contributed by atoms with Crippen LogP contribution in [-0.2, 0) is 20.1 Å². The van der Waals surface area contributed by atoms with Crippen LogP contribution >= 0.6 is 47.2 Å². The number of hydrogen-bond donors (Lipinski definition) is 2. The van der Waals surface area contributed by atoms with Crippen LogP contribution in [0, 0.1) is 0 Å². The molecule has 3 rings (SSSR count). The van der Waals surface area contributed by atoms with Gasteiger partial charge in [0.15, 0.2) is 5.96 Å². The predicted octanol–water partition coefficient (Wildman–Crippen LogP) is 4.36. The quantitative estimate of drug-likeness (QED) is 0.316. The maximum Gasteiger partial charge on any atom is 0.191 e. The van der Waals surface area contributed by atoms with Gasteiger partial charge in [-0.3, -0.25) is 4.99 Å². The van der Waals surface area contributed by atoms with Gasteiger partial charge in [0.2, 0.25) is 0 Å². The van der Waals surface area contributed by atoms with Crippen molar-refractivity contribution < 1.29 is 0 Å². The van der Waals surface area contributed by atoms with E-state index in [0.29, 0.717) is 29.1 Å². The highest BCUT2D eigenvalue weighted by Crippen LogP contribution is 2.20. The topological polar surface area (TPSA) is 54.2 Å². The zero-order valence-electron chi connectivity index (χ0n) is 14.5. The van der Waals surface area contributed by atoms with Crippen molar-refractivity contribution in [3.05, 3.63) is 63.9 Å². The van der Waals surface area contributed by atoms with Gasteiger partial charge in [0.1, 0.15) is 5.82 Å². The molecule has 0 radical (unpaired) electrons. The van der Waals surface area contributed by atoms with Crippen LogP contribution in [0.4, 0.5) is 0 Å². The standard InChI is InChI=1S/C18H19Cl2N5.HI/c1-21-18(22-10-12-7-8-13(19)9-14(12)20)23-11-17-24-15-5-3-4-6-16(15)25(17)2;/h3-9H,10-11H2,1-2H3,(H2,21,22,23);1H. The number of rotatable bonds is 4. The predicted molar refractivity (Wildman–Crippen MR) is 120 cm³/mol. The third kappa shape index (κ3) is 4.81. The molecule has 138 valence electrons. The van der Waals surface area contributed by atoms with Crippen LogP contribution in [0.2, 0.25) is 10.0 Å². The lowest BCUT2D eigenvalue weighted by molar-refractivity contribution is 0.736. The van der Waals surface area contributed by atoms with Gasteiger partial charge in [0.05, 0.1) is 17.6 Å². The first-order chi connectivity index (χ1) is 12.1. The van der Waals surface area contributed by atoms with Crippen LogP contribution < -0.4 is 10.6 Å². The van der Waals surface area contributed by atoms with Crippen LogP contribution in [0.3, 0.4) is 0 Å². The fourth-order valence-corrected chi connectivity index (χ4v) is 3.06. The highest BCUT2D eigenvalue weighted by atomic mass is 127. The number of halogens is 3. The maximum atomic E-state index is 6.20. The Balaban J connectivity index is 0.00000243. The van der Waals surface area contributed by atoms with Gasteiger partial charge < -0.3 is 15.2 Å². The van der Waals surface area contributed by atoms with Crippen LogP contribution in [0.15, 0.2) is 47.5 Å². The van der Waals surface area contributed by atoms with Crippen molar-refractivity contribution in [1.82, 2.24) is 20.2 Å². The Morgan fingerprint density at radius 2 is 1.85 bits per heavy atom. The lowest BCUT2D eigenvalue weighted by atomic mass is 10.2. The van der Waals surface area contributed by atoms with E-state index in [-0.39, 0.29) is 24.0 Å². The summed E-state index contributed by atoms with van der Waals surface area (Å²) in [5.74, 6) is 1.62. The molecular formula is C18H20Cl2IN5. The highest BCUT2D eigenvalue weighted by Gasteiger charge is 2.08. The molecule has 8 heteroatoms. The zero-order valence-corrected chi connectivity index (χ0v) is 18.3. The van der Waals surface area contributed by atoms with E-state index in [1.807, 2.05) is 37.4 Å². The second-order valence-electron chi connectivity index (χ2n) is 5.59. The second kappa shape index (κ2) is 9.43. The van der Waals surface area contributed by atoms with Gasteiger partial charge >= 0.3 is 0 Å². The number of fused-ring (bicyclic) bond motifs is 1. The zero-order chi connectivity index (χ0) is 17.8. The number of benzene rings is 2. The molecule has 2 aromatic carbocycles. The molecule has 2 N–H and O–H groups in total. The second-order valence-corrected chi connectivity index (χ2v) is 6.43. The van der Waals surface area contributed by atoms with Crippen molar-refractivity contribution in [1.29, 1.82) is 0 Å². The summed E-state index contributed by atoms with van der Waals surface area (Å²) < 4.78 is 2.08. The number of hydrogen-bond acceptors (Lipinski definition) is 2. The van der Waals surface area contributed by atoms with Crippen LogP contribution in [-0.4, -0.2) is 22.6 Å². The first-order valence-corrected chi connectivity index (χ1v) is 8.63. The van der Waals surface area contributed by atoms with E-state index in [9.17, 15) is 0 Å². The first kappa shape index (κ1) is 20.8. The van der Waals surface area contributed by atoms with Gasteiger partial charge in [-0.15, -0.1) is 24.0 Å². The third-order valence-corrected chi connectivity index (χ3v) is 4.57. The fraction of sp³-hybridized carbons (Fsp3) is 0.222. The molecule has 0 fully saturated rings. The van der Waals surface area contributed by atoms with Gasteiger partial charge in [0.25, 0.3) is 0 Å². The molecule has 0 saturated heterocycles. The normalized spacial score (nSPS) is 11.3. The Morgan fingerprint density at radius 1 is 1.12 bits per heavy atom. The minimum Gasteiger partial charge on any atom is -0.352 e. The smallest absolute Gasteiger partial charge is 0.191 e. The molecule has 26 heavy (non-hydrogen) atoms. The van der Waals surface area contributed by atoms with Gasteiger partial charge in [-0.1, -0.05) is 41.4 Å². The van der Waals surface area contributed by atoms with E-state index in [4.69, 9.17) is 23.2 Å². The van der Waals surface area contributed by atoms with E-state index in [1.165, 1.54) is 0 Å². The summed E-state index contributed by atoms with van der Waals surface area (Å²) in [6, 6.07) is 13.5. The van der Waals surface area contributed by atoms with E-state index >= 15 is 0 Å². The summed E-state index contributed by atoms with van der Waals surface area (Å²) in [6.45, 7) is 1.12. The Bertz CT molecular complexity index is 923. The van der Waals surface area contributed by atoms with Crippen molar-refractivity contribution in [2.45, 2.75) is 13.1 Å². The van der Waals surface area contributed by atoms with E-state index in [1.54, 1.807) is 13.1 Å². The van der Waals surface area contributed by atoms with Crippen LogP contribution in [0.25, 0.3) is 11.0 Å². The van der Waals surface area contributed by atoms with E-state index in [0.717, 1.165) is 22.4 Å². The van der Waals surface area contributed by atoms with Gasteiger partial charge in [-0.25, -0.2) is 4.98 Å². The van der Waals surface area contributed by atoms with Crippen molar-refractivity contribution in [3.8, 4) is 0 Å². The SMILES string of the molecule is CN=C(NCc1ccc(Cl)cc1Cl)NCc1nc2ccccc2n1C.I. The molecule has 0 unspecified atom stereocenters. The number of nitrogens with zero attached hydrogens (tertiary/aromatic N) is 3. The largest absolute Gasteiger partial charge is 0.352 e. The molecule has 0 amide bonds. The van der Waals surface area contributed by atoms with E-state index < -0.39 is 0 Å². The molecule has 0 aliphatic rings. The molecular weight excluding hydrogens is 484 g/mol. The summed E-state index contributed by atoms with van der Waals surface area (Å²) in [5, 5.41) is 7.77. The molecule has 1 aromatic heterocycles. The number of para-hydroxylation sites is 2. The van der Waals surface area contributed by atoms with Crippen molar-refractivity contribution >= 4 is 64.2 Å². The first-order valence-electron chi connectivity index (χ1n) is 7.87. The van der Waals surface area contributed by atoms with Gasteiger partial charge in [0, 0.05) is 30.7 Å². The third-order valence-electron chi connectivity index (χ3n) is 3.98. The van der Waals surface area contributed by atoms with E-state index in [2.05, 4.69) is 31.2 Å². The minimum atomic E-state index is 0. The summed E-state index contributed by atoms with van der Waals surface area (Å²) >= 11 is 12.1. The monoisotopic (exact) mass is 503 g/mol. The van der Waals surface area contributed by atoms with Crippen molar-refractivity contribution in [2.24, 2.45) is 12.0 Å². The molecule has 0 aliphatic heterocycles. The maximum absolute atomic E-state index is 6.20. The van der Waals surface area contributed by atoms with Crippen molar-refractivity contribution in [2.75, 3.05) is 7.05 Å². The lowest BCUT2D eigenvalue weighted by Crippen LogP contribution is -2.36. The van der Waals surface area contributed by atoms with Gasteiger partial charge in [-0.05, 0) is 29.8 Å². The molecule has 0 saturated carbocycles. The number of imidazole rings is 1. The molecule has 0 spiro atoms.